The van der Waals surface area contributed by atoms with E-state index in [0.29, 0.717) is 125 Å². The molecular formula is C93H71F2N27O10. The Morgan fingerprint density at radius 2 is 0.818 bits per heavy atom. The Balaban J connectivity index is 0.000000111. The van der Waals surface area contributed by atoms with E-state index in [-0.39, 0.29) is 41.5 Å². The standard InChI is InChI=1S/C21H16N6O2.C20H16N6O.C19H13F2N5O3.C18H15N5O2.C15H11N5O2/c1-12-17(18(27-29-12)13-7-3-2-4-8-13)21(28)25-16-11-22-26-19(16)20-23-14-9-5-6-10-15(14)24-20;27-18(9-12-10-21-14-6-2-1-5-13(12)14)23-17-11-22-26-19(17)20-24-15-7-3-4-8-16(15)25-20;1-29-19(28)9-5-6-12-13(7-9)24-17(23-12)16-14(8-22-26-16)25-18(27)15-10(20)3-2-4-11(15)21;1-25-15-9-5-2-6-11(15)18(24)22-14-10-19-23-16(14)17-20-12-7-3-4-8-13(12)21-17;21-15(12-6-3-7-22-12)19-11-8-16-20-13(11)14-17-9-4-1-2-5-10(9)18-14/h2-11H,1H3,(H,22,26)(H,23,24)(H,25,28);1-8,10-11,21H,9H2,(H,22,26)(H,23,27)(H,24,25);2-8H,1H3,(H,22,26)(H,23,24)(H,25,27);2-10H,1H3,(H,19,23)(H,20,21)(H,22,24);1-8H,(H,16,20)(H,17,18)(H,19,21). The van der Waals surface area contributed by atoms with Gasteiger partial charge in [0.05, 0.1) is 153 Å². The number of esters is 1. The molecule has 0 aliphatic heterocycles. The van der Waals surface area contributed by atoms with Gasteiger partial charge in [0, 0.05) is 22.7 Å². The summed E-state index contributed by atoms with van der Waals surface area (Å²) in [5.41, 5.74) is 17.0. The highest BCUT2D eigenvalue weighted by molar-refractivity contribution is 6.11. The number of carbonyl (C=O) groups is 6. The van der Waals surface area contributed by atoms with Crippen LogP contribution in [0.1, 0.15) is 63.3 Å². The molecule has 0 saturated heterocycles. The normalized spacial score (nSPS) is 11.0. The lowest BCUT2D eigenvalue weighted by Crippen LogP contribution is -2.16. The van der Waals surface area contributed by atoms with Gasteiger partial charge in [0.2, 0.25) is 5.91 Å². The predicted octanol–water partition coefficient (Wildman–Crippen LogP) is 17.1. The molecule has 132 heavy (non-hydrogen) atoms. The van der Waals surface area contributed by atoms with Gasteiger partial charge in [-0.05, 0) is 122 Å². The molecule has 37 nitrogen and oxygen atoms in total. The van der Waals surface area contributed by atoms with Crippen LogP contribution in [0.3, 0.4) is 0 Å². The lowest BCUT2D eigenvalue weighted by atomic mass is 10.1. The van der Waals surface area contributed by atoms with Crippen molar-refractivity contribution in [1.82, 2.24) is 111 Å². The van der Waals surface area contributed by atoms with E-state index in [0.717, 1.165) is 78.3 Å². The number of anilines is 5. The number of aromatic amines is 11. The molecule has 22 rings (SSSR count). The first kappa shape index (κ1) is 83.8. The summed E-state index contributed by atoms with van der Waals surface area (Å²) in [5, 5.41) is 53.2. The number of imidazole rings is 5. The lowest BCUT2D eigenvalue weighted by molar-refractivity contribution is -0.115. The van der Waals surface area contributed by atoms with E-state index in [9.17, 15) is 37.5 Å². The molecule has 0 aliphatic rings. The maximum Gasteiger partial charge on any atom is 0.337 e. The third-order valence-electron chi connectivity index (χ3n) is 20.6. The minimum absolute atomic E-state index is 0.112. The average molecular weight is 1760 g/mol. The molecule has 0 atom stereocenters. The van der Waals surface area contributed by atoms with Gasteiger partial charge in [-0.2, -0.15) is 25.5 Å². The Kier molecular flexibility index (Phi) is 23.7. The van der Waals surface area contributed by atoms with Crippen molar-refractivity contribution >= 4 is 130 Å². The molecule has 0 aliphatic carbocycles. The summed E-state index contributed by atoms with van der Waals surface area (Å²) in [7, 11) is 2.81. The lowest BCUT2D eigenvalue weighted by Gasteiger charge is -2.08. The number of carbonyl (C=O) groups excluding carboxylic acids is 6. The third-order valence-corrected chi connectivity index (χ3v) is 20.6. The summed E-state index contributed by atoms with van der Waals surface area (Å²) in [6, 6.07) is 66.4. The maximum absolute atomic E-state index is 13.8. The number of amides is 5. The van der Waals surface area contributed by atoms with Crippen LogP contribution < -0.4 is 31.3 Å². The van der Waals surface area contributed by atoms with Gasteiger partial charge in [0.15, 0.2) is 34.9 Å². The molecule has 652 valence electrons. The number of fused-ring (bicyclic) bond motifs is 6. The quantitative estimate of drug-likeness (QED) is 0.0334. The SMILES string of the molecule is COC(=O)c1ccc2nc(-c3[nH]ncc3NC(=O)c3c(F)cccc3F)[nH]c2c1.COc1ccccc1C(=O)Nc1cn[nH]c1-c1nc2ccccc2[nH]1.Cc1onc(-c2ccccc2)c1C(=O)Nc1cn[nH]c1-c1nc2ccccc2[nH]1.O=C(Cc1c[nH]c2ccccc12)Nc1cn[nH]c1-c1nc2ccccc2[nH]1.O=C(Nc1cn[nH]c1-c1nc2ccccc2[nH]1)c1ccco1. The largest absolute Gasteiger partial charge is 0.496 e. The first-order valence-corrected chi connectivity index (χ1v) is 40.3. The van der Waals surface area contributed by atoms with Crippen LogP contribution in [0.5, 0.6) is 5.75 Å². The zero-order chi connectivity index (χ0) is 90.7. The van der Waals surface area contributed by atoms with Crippen molar-refractivity contribution in [1.29, 1.82) is 0 Å². The molecule has 16 N–H and O–H groups in total. The summed E-state index contributed by atoms with van der Waals surface area (Å²) in [6.07, 6.45) is 11.1. The molecule has 9 aromatic carbocycles. The Hall–Kier alpha value is -19.1. The molecule has 0 unspecified atom stereocenters. The summed E-state index contributed by atoms with van der Waals surface area (Å²) in [5.74, 6) is -0.567. The summed E-state index contributed by atoms with van der Waals surface area (Å²) >= 11 is 0. The van der Waals surface area contributed by atoms with Crippen molar-refractivity contribution in [2.24, 2.45) is 0 Å². The Labute approximate surface area is 740 Å². The molecule has 0 saturated carbocycles. The second kappa shape index (κ2) is 37.4. The zero-order valence-corrected chi connectivity index (χ0v) is 69.4. The Morgan fingerprint density at radius 1 is 0.402 bits per heavy atom. The van der Waals surface area contributed by atoms with Gasteiger partial charge in [-0.15, -0.1) is 0 Å². The molecule has 39 heteroatoms. The van der Waals surface area contributed by atoms with Crippen LogP contribution in [-0.4, -0.2) is 161 Å². The summed E-state index contributed by atoms with van der Waals surface area (Å²) in [6.45, 7) is 1.71. The van der Waals surface area contributed by atoms with Gasteiger partial charge in [-0.25, -0.2) is 38.5 Å². The number of rotatable bonds is 19. The monoisotopic (exact) mass is 1760 g/mol. The van der Waals surface area contributed by atoms with Crippen molar-refractivity contribution in [3.05, 3.63) is 319 Å². The van der Waals surface area contributed by atoms with Gasteiger partial charge < -0.3 is 74.9 Å². The fourth-order valence-corrected chi connectivity index (χ4v) is 14.2. The van der Waals surface area contributed by atoms with Crippen LogP contribution in [0.25, 0.3) is 135 Å². The van der Waals surface area contributed by atoms with E-state index >= 15 is 0 Å². The first-order chi connectivity index (χ1) is 64.5. The molecule has 0 bridgehead atoms. The number of hydrogen-bond acceptors (Lipinski definition) is 21. The highest BCUT2D eigenvalue weighted by atomic mass is 19.1. The molecule has 0 radical (unpaired) electrons. The number of methoxy groups -OCH3 is 2. The van der Waals surface area contributed by atoms with E-state index in [1.807, 2.05) is 164 Å². The second-order valence-electron chi connectivity index (χ2n) is 29.0. The number of hydrogen-bond donors (Lipinski definition) is 16. The van der Waals surface area contributed by atoms with Gasteiger partial charge in [0.25, 0.3) is 23.6 Å². The second-order valence-corrected chi connectivity index (χ2v) is 29.0. The fraction of sp³-hybridized carbons (Fsp3) is 0.0430. The summed E-state index contributed by atoms with van der Waals surface area (Å²) < 4.78 is 48.0. The Bertz CT molecular complexity index is 7800. The molecule has 22 aromatic rings. The molecule has 13 aromatic heterocycles. The van der Waals surface area contributed by atoms with Crippen molar-refractivity contribution in [3.8, 4) is 74.6 Å². The van der Waals surface area contributed by atoms with Gasteiger partial charge in [-0.3, -0.25) is 49.5 Å². The maximum atomic E-state index is 13.8. The molecule has 5 amide bonds. The molecule has 0 fully saturated rings. The number of halogens is 2. The number of H-pyrrole nitrogens is 11. The first-order valence-electron chi connectivity index (χ1n) is 40.3. The van der Waals surface area contributed by atoms with Gasteiger partial charge >= 0.3 is 5.97 Å². The highest BCUT2D eigenvalue weighted by Crippen LogP contribution is 2.35. The van der Waals surface area contributed by atoms with Crippen LogP contribution in [0.4, 0.5) is 37.2 Å². The summed E-state index contributed by atoms with van der Waals surface area (Å²) in [4.78, 5) is 116. The number of para-hydroxylation sites is 10. The highest BCUT2D eigenvalue weighted by Gasteiger charge is 2.27. The average Bonchev–Trinajstić information content (AvgIpc) is 1.66. The van der Waals surface area contributed by atoms with E-state index < -0.39 is 29.1 Å². The number of ether oxygens (including phenoxy) is 2. The minimum Gasteiger partial charge on any atom is -0.496 e. The van der Waals surface area contributed by atoms with Crippen molar-refractivity contribution in [2.45, 2.75) is 13.3 Å². The van der Waals surface area contributed by atoms with E-state index in [4.69, 9.17) is 18.4 Å². The Morgan fingerprint density at radius 3 is 1.29 bits per heavy atom. The third kappa shape index (κ3) is 18.0. The van der Waals surface area contributed by atoms with Crippen molar-refractivity contribution in [3.63, 3.8) is 0 Å². The number of nitrogens with zero attached hydrogens (tertiary/aromatic N) is 11. The van der Waals surface area contributed by atoms with E-state index in [1.54, 1.807) is 74.0 Å². The molecule has 13 heterocycles. The zero-order valence-electron chi connectivity index (χ0n) is 69.4. The van der Waals surface area contributed by atoms with Crippen molar-refractivity contribution in [2.75, 3.05) is 40.8 Å². The molecule has 0 spiro atoms. The number of benzene rings is 9. The van der Waals surface area contributed by atoms with Gasteiger partial charge in [-0.1, -0.05) is 120 Å². The fourth-order valence-electron chi connectivity index (χ4n) is 14.2. The van der Waals surface area contributed by atoms with Crippen molar-refractivity contribution < 1.29 is 56.0 Å². The smallest absolute Gasteiger partial charge is 0.337 e. The minimum atomic E-state index is -0.980. The van der Waals surface area contributed by atoms with Gasteiger partial charge in [0.1, 0.15) is 68.4 Å². The van der Waals surface area contributed by atoms with E-state index in [2.05, 4.69) is 138 Å². The van der Waals surface area contributed by atoms with Crippen LogP contribution in [0.15, 0.2) is 277 Å². The number of aryl methyl sites for hydroxylation is 1. The van der Waals surface area contributed by atoms with Crippen LogP contribution >= 0.6 is 0 Å². The number of nitrogens with one attached hydrogen (secondary N) is 16. The van der Waals surface area contributed by atoms with E-state index in [1.165, 1.54) is 38.9 Å². The van der Waals surface area contributed by atoms with Crippen LogP contribution in [0, 0.1) is 18.6 Å². The number of aromatic nitrogens is 22. The van der Waals surface area contributed by atoms with Crippen LogP contribution in [0.2, 0.25) is 0 Å². The predicted molar refractivity (Wildman–Crippen MR) is 487 cm³/mol. The number of furan rings is 1. The molecular weight excluding hydrogens is 1690 g/mol. The topological polar surface area (TPSA) is 523 Å². The van der Waals surface area contributed by atoms with Crippen LogP contribution in [-0.2, 0) is 16.0 Å².